The van der Waals surface area contributed by atoms with Gasteiger partial charge in [-0.15, -0.1) is 16.4 Å². The number of halogens is 2. The molecule has 0 saturated heterocycles. The van der Waals surface area contributed by atoms with E-state index < -0.39 is 11.6 Å². The quantitative estimate of drug-likeness (QED) is 0.723. The number of nitrogen functional groups attached to an aromatic ring is 1. The zero-order valence-corrected chi connectivity index (χ0v) is 9.21. The summed E-state index contributed by atoms with van der Waals surface area (Å²) in [6.45, 7) is 0. The number of aromatic nitrogens is 3. The normalized spacial score (nSPS) is 11.2. The third kappa shape index (κ3) is 1.55. The van der Waals surface area contributed by atoms with Crippen LogP contribution in [-0.4, -0.2) is 14.6 Å². The molecular formula is C10H6F2N4S. The van der Waals surface area contributed by atoms with Crippen molar-refractivity contribution >= 4 is 22.2 Å². The van der Waals surface area contributed by atoms with Crippen molar-refractivity contribution in [3.63, 3.8) is 0 Å². The molecule has 7 heteroatoms. The molecule has 0 amide bonds. The lowest BCUT2D eigenvalue weighted by molar-refractivity contribution is 0.585. The average molecular weight is 252 g/mol. The minimum Gasteiger partial charge on any atom is -0.366 e. The Morgan fingerprint density at radius 1 is 1.29 bits per heavy atom. The molecule has 0 saturated carbocycles. The van der Waals surface area contributed by atoms with Crippen LogP contribution in [0.25, 0.3) is 16.2 Å². The van der Waals surface area contributed by atoms with Crippen LogP contribution in [0.3, 0.4) is 0 Å². The summed E-state index contributed by atoms with van der Waals surface area (Å²) in [7, 11) is 0. The molecule has 0 unspecified atom stereocenters. The van der Waals surface area contributed by atoms with E-state index in [2.05, 4.69) is 10.1 Å². The Hall–Kier alpha value is -2.02. The summed E-state index contributed by atoms with van der Waals surface area (Å²) in [6.07, 6.45) is 0. The van der Waals surface area contributed by atoms with Gasteiger partial charge < -0.3 is 5.73 Å². The Morgan fingerprint density at radius 2 is 2.12 bits per heavy atom. The zero-order chi connectivity index (χ0) is 12.0. The van der Waals surface area contributed by atoms with Gasteiger partial charge in [-0.2, -0.15) is 4.98 Å². The molecule has 0 aliphatic heterocycles. The van der Waals surface area contributed by atoms with E-state index in [9.17, 15) is 8.78 Å². The van der Waals surface area contributed by atoms with Crippen LogP contribution in [0, 0.1) is 11.6 Å². The van der Waals surface area contributed by atoms with Gasteiger partial charge in [-0.05, 0) is 12.1 Å². The van der Waals surface area contributed by atoms with Crippen LogP contribution >= 0.6 is 11.3 Å². The number of hydrogen-bond acceptors (Lipinski definition) is 4. The lowest BCUT2D eigenvalue weighted by Gasteiger charge is -2.00. The fraction of sp³-hybridized carbons (Fsp3) is 0. The van der Waals surface area contributed by atoms with E-state index in [0.717, 1.165) is 6.07 Å². The molecule has 0 radical (unpaired) electrons. The van der Waals surface area contributed by atoms with Crippen LogP contribution in [-0.2, 0) is 0 Å². The molecule has 2 aromatic heterocycles. The van der Waals surface area contributed by atoms with E-state index in [4.69, 9.17) is 5.73 Å². The van der Waals surface area contributed by atoms with Crippen LogP contribution in [0.4, 0.5) is 14.7 Å². The Labute approximate surface area is 98.3 Å². The minimum atomic E-state index is -0.640. The summed E-state index contributed by atoms with van der Waals surface area (Å²) >= 11 is 1.29. The molecule has 4 nitrogen and oxygen atoms in total. The molecule has 0 aliphatic rings. The molecule has 0 aliphatic carbocycles. The summed E-state index contributed by atoms with van der Waals surface area (Å²) in [4.78, 5) is 4.53. The van der Waals surface area contributed by atoms with E-state index in [0.29, 0.717) is 10.7 Å². The number of thiazole rings is 1. The number of fused-ring (bicyclic) bond motifs is 1. The van der Waals surface area contributed by atoms with E-state index in [-0.39, 0.29) is 11.5 Å². The predicted octanol–water partition coefficient (Wildman–Crippen LogP) is 2.32. The van der Waals surface area contributed by atoms with E-state index in [1.807, 2.05) is 0 Å². The maximum absolute atomic E-state index is 13.6. The second-order valence-electron chi connectivity index (χ2n) is 3.41. The lowest BCUT2D eigenvalue weighted by Crippen LogP contribution is -1.93. The third-order valence-electron chi connectivity index (χ3n) is 2.31. The smallest absolute Gasteiger partial charge is 0.241 e. The average Bonchev–Trinajstić information content (AvgIpc) is 2.78. The van der Waals surface area contributed by atoms with E-state index in [1.165, 1.54) is 28.0 Å². The summed E-state index contributed by atoms with van der Waals surface area (Å²) in [5.41, 5.74) is 6.23. The van der Waals surface area contributed by atoms with Crippen molar-refractivity contribution < 1.29 is 8.78 Å². The van der Waals surface area contributed by atoms with Gasteiger partial charge in [0, 0.05) is 17.0 Å². The van der Waals surface area contributed by atoms with Gasteiger partial charge >= 0.3 is 0 Å². The van der Waals surface area contributed by atoms with Crippen molar-refractivity contribution in [3.05, 3.63) is 35.2 Å². The van der Waals surface area contributed by atoms with Crippen LogP contribution in [0.1, 0.15) is 0 Å². The van der Waals surface area contributed by atoms with Crippen molar-refractivity contribution in [2.75, 3.05) is 5.73 Å². The van der Waals surface area contributed by atoms with Gasteiger partial charge in [0.05, 0.1) is 5.69 Å². The van der Waals surface area contributed by atoms with Crippen LogP contribution < -0.4 is 5.73 Å². The fourth-order valence-electron chi connectivity index (χ4n) is 1.58. The van der Waals surface area contributed by atoms with Gasteiger partial charge in [-0.25, -0.2) is 13.3 Å². The van der Waals surface area contributed by atoms with Crippen molar-refractivity contribution in [3.8, 4) is 11.3 Å². The van der Waals surface area contributed by atoms with Crippen molar-refractivity contribution in [1.29, 1.82) is 0 Å². The Balaban J connectivity index is 2.26. The Bertz CT molecular complexity index is 703. The summed E-state index contributed by atoms with van der Waals surface area (Å²) < 4.78 is 27.9. The maximum Gasteiger partial charge on any atom is 0.241 e. The standard InChI is InChI=1S/C10H6F2N4S/c11-5-1-2-6(7(12)3-5)8-4-17-10-14-9(13)15-16(8)10/h1-4H,(H2,13,15). The van der Waals surface area contributed by atoms with E-state index >= 15 is 0 Å². The van der Waals surface area contributed by atoms with Gasteiger partial charge in [0.1, 0.15) is 11.6 Å². The molecule has 2 heterocycles. The second-order valence-corrected chi connectivity index (χ2v) is 4.25. The molecule has 0 fully saturated rings. The molecule has 0 bridgehead atoms. The topological polar surface area (TPSA) is 56.2 Å². The largest absolute Gasteiger partial charge is 0.366 e. The first-order valence-electron chi connectivity index (χ1n) is 4.70. The molecule has 0 atom stereocenters. The highest BCUT2D eigenvalue weighted by Gasteiger charge is 2.13. The summed E-state index contributed by atoms with van der Waals surface area (Å²) in [5.74, 6) is -1.13. The molecule has 1 aromatic carbocycles. The van der Waals surface area contributed by atoms with E-state index in [1.54, 1.807) is 5.38 Å². The third-order valence-corrected chi connectivity index (χ3v) is 3.12. The van der Waals surface area contributed by atoms with Crippen LogP contribution in [0.5, 0.6) is 0 Å². The number of nitrogens with two attached hydrogens (primary N) is 1. The number of nitrogens with zero attached hydrogens (tertiary/aromatic N) is 3. The first-order chi connectivity index (χ1) is 8.15. The first kappa shape index (κ1) is 10.2. The highest BCUT2D eigenvalue weighted by molar-refractivity contribution is 7.15. The molecule has 2 N–H and O–H groups in total. The van der Waals surface area contributed by atoms with Gasteiger partial charge in [-0.3, -0.25) is 0 Å². The van der Waals surface area contributed by atoms with Gasteiger partial charge in [-0.1, -0.05) is 0 Å². The van der Waals surface area contributed by atoms with Crippen molar-refractivity contribution in [2.24, 2.45) is 0 Å². The number of rotatable bonds is 1. The lowest BCUT2D eigenvalue weighted by atomic mass is 10.1. The van der Waals surface area contributed by atoms with Gasteiger partial charge in [0.2, 0.25) is 10.9 Å². The number of anilines is 1. The number of benzene rings is 1. The monoisotopic (exact) mass is 252 g/mol. The SMILES string of the molecule is Nc1nc2scc(-c3ccc(F)cc3F)n2n1. The Kier molecular flexibility index (Phi) is 2.08. The fourth-order valence-corrected chi connectivity index (χ4v) is 2.41. The summed E-state index contributed by atoms with van der Waals surface area (Å²) in [6, 6.07) is 3.39. The van der Waals surface area contributed by atoms with Gasteiger partial charge in [0.25, 0.3) is 0 Å². The highest BCUT2D eigenvalue weighted by Crippen LogP contribution is 2.27. The second kappa shape index (κ2) is 3.49. The maximum atomic E-state index is 13.6. The molecule has 3 aromatic rings. The van der Waals surface area contributed by atoms with Crippen LogP contribution in [0.15, 0.2) is 23.6 Å². The minimum absolute atomic E-state index is 0.126. The molecule has 86 valence electrons. The predicted molar refractivity (Wildman–Crippen MR) is 60.6 cm³/mol. The molecule has 0 spiro atoms. The highest BCUT2D eigenvalue weighted by atomic mass is 32.1. The molecular weight excluding hydrogens is 246 g/mol. The first-order valence-corrected chi connectivity index (χ1v) is 5.58. The zero-order valence-electron chi connectivity index (χ0n) is 8.39. The molecule has 17 heavy (non-hydrogen) atoms. The molecule has 3 rings (SSSR count). The van der Waals surface area contributed by atoms with Crippen molar-refractivity contribution in [2.45, 2.75) is 0 Å². The van der Waals surface area contributed by atoms with Crippen LogP contribution in [0.2, 0.25) is 0 Å². The number of hydrogen-bond donors (Lipinski definition) is 1. The summed E-state index contributed by atoms with van der Waals surface area (Å²) in [5, 5.41) is 5.65. The van der Waals surface area contributed by atoms with Gasteiger partial charge in [0.15, 0.2) is 0 Å². The van der Waals surface area contributed by atoms with Crippen molar-refractivity contribution in [1.82, 2.24) is 14.6 Å². The Morgan fingerprint density at radius 3 is 2.88 bits per heavy atom.